The third-order valence-corrected chi connectivity index (χ3v) is 5.13. The second-order valence-corrected chi connectivity index (χ2v) is 7.65. The Morgan fingerprint density at radius 2 is 1.56 bits per heavy atom. The third kappa shape index (κ3) is 5.53. The number of hydrogen-bond acceptors (Lipinski definition) is 7. The van der Waals surface area contributed by atoms with Crippen LogP contribution in [0.25, 0.3) is 11.1 Å². The van der Waals surface area contributed by atoms with Crippen molar-refractivity contribution in [1.29, 1.82) is 0 Å². The van der Waals surface area contributed by atoms with E-state index >= 15 is 0 Å². The van der Waals surface area contributed by atoms with Gasteiger partial charge in [0, 0.05) is 13.5 Å². The number of esters is 2. The van der Waals surface area contributed by atoms with E-state index in [-0.39, 0.29) is 19.3 Å². The summed E-state index contributed by atoms with van der Waals surface area (Å²) in [4.78, 5) is 35.9. The number of nitrogens with one attached hydrogen (secondary N) is 1. The van der Waals surface area contributed by atoms with Crippen molar-refractivity contribution in [2.75, 3.05) is 6.79 Å². The molecule has 1 aliphatic heterocycles. The Morgan fingerprint density at radius 1 is 0.912 bits per heavy atom. The Bertz CT molecular complexity index is 1200. The highest BCUT2D eigenvalue weighted by molar-refractivity contribution is 5.92. The summed E-state index contributed by atoms with van der Waals surface area (Å²) in [6, 6.07) is 19.3. The molecule has 1 unspecified atom stereocenters. The van der Waals surface area contributed by atoms with Crippen molar-refractivity contribution >= 4 is 17.8 Å². The lowest BCUT2D eigenvalue weighted by Gasteiger charge is -2.14. The van der Waals surface area contributed by atoms with Gasteiger partial charge in [-0.15, -0.1) is 0 Å². The standard InChI is InChI=1S/C26H23NO7/c1-16(25(29)27-14-18-3-12-23-24(13-18)32-15-31-23)33-26(30)21-6-4-19(5-7-21)20-8-10-22(11-9-20)34-17(2)28/h3-13,16H,14-15H2,1-2H3,(H,27,29). The number of carbonyl (C=O) groups is 3. The molecule has 8 heteroatoms. The number of fused-ring (bicyclic) bond motifs is 1. The van der Waals surface area contributed by atoms with Crippen molar-refractivity contribution in [3.63, 3.8) is 0 Å². The predicted octanol–water partition coefficient (Wildman–Crippen LogP) is 3.87. The second kappa shape index (κ2) is 10.1. The van der Waals surface area contributed by atoms with Crippen molar-refractivity contribution in [2.45, 2.75) is 26.5 Å². The topological polar surface area (TPSA) is 100 Å². The fourth-order valence-corrected chi connectivity index (χ4v) is 3.35. The summed E-state index contributed by atoms with van der Waals surface area (Å²) in [6.45, 7) is 3.31. The lowest BCUT2D eigenvalue weighted by atomic mass is 10.0. The van der Waals surface area contributed by atoms with E-state index in [9.17, 15) is 14.4 Å². The molecule has 0 radical (unpaired) electrons. The van der Waals surface area contributed by atoms with E-state index in [1.807, 2.05) is 18.2 Å². The molecule has 8 nitrogen and oxygen atoms in total. The zero-order valence-electron chi connectivity index (χ0n) is 18.7. The number of carbonyl (C=O) groups excluding carboxylic acids is 3. The van der Waals surface area contributed by atoms with E-state index in [1.165, 1.54) is 13.8 Å². The van der Waals surface area contributed by atoms with Gasteiger partial charge in [-0.3, -0.25) is 9.59 Å². The maximum absolute atomic E-state index is 12.5. The molecule has 1 amide bonds. The molecule has 0 saturated heterocycles. The zero-order chi connectivity index (χ0) is 24.1. The van der Waals surface area contributed by atoms with Crippen molar-refractivity contribution in [2.24, 2.45) is 0 Å². The molecule has 1 N–H and O–H groups in total. The summed E-state index contributed by atoms with van der Waals surface area (Å²) in [5.74, 6) is 0.379. The summed E-state index contributed by atoms with van der Waals surface area (Å²) >= 11 is 0. The monoisotopic (exact) mass is 461 g/mol. The largest absolute Gasteiger partial charge is 0.454 e. The van der Waals surface area contributed by atoms with Gasteiger partial charge in [0.1, 0.15) is 5.75 Å². The van der Waals surface area contributed by atoms with E-state index < -0.39 is 18.0 Å². The summed E-state index contributed by atoms with van der Waals surface area (Å²) < 4.78 is 20.9. The molecule has 0 saturated carbocycles. The normalized spacial score (nSPS) is 12.5. The molecule has 3 aromatic carbocycles. The Kier molecular flexibility index (Phi) is 6.77. The van der Waals surface area contributed by atoms with Gasteiger partial charge in [-0.25, -0.2) is 4.79 Å². The number of benzene rings is 3. The number of hydrogen-bond donors (Lipinski definition) is 1. The van der Waals surface area contributed by atoms with E-state index in [1.54, 1.807) is 48.5 Å². The molecule has 174 valence electrons. The van der Waals surface area contributed by atoms with E-state index in [0.717, 1.165) is 16.7 Å². The van der Waals surface area contributed by atoms with Crippen LogP contribution in [-0.2, 0) is 20.9 Å². The van der Waals surface area contributed by atoms with Crippen molar-refractivity contribution < 1.29 is 33.3 Å². The predicted molar refractivity (Wildman–Crippen MR) is 122 cm³/mol. The highest BCUT2D eigenvalue weighted by atomic mass is 16.7. The lowest BCUT2D eigenvalue weighted by molar-refractivity contribution is -0.132. The van der Waals surface area contributed by atoms with E-state index in [4.69, 9.17) is 18.9 Å². The molecule has 1 atom stereocenters. The fraction of sp³-hybridized carbons (Fsp3) is 0.192. The van der Waals surface area contributed by atoms with Gasteiger partial charge in [-0.2, -0.15) is 0 Å². The maximum Gasteiger partial charge on any atom is 0.338 e. The van der Waals surface area contributed by atoms with Crippen LogP contribution in [0.5, 0.6) is 17.2 Å². The molecule has 34 heavy (non-hydrogen) atoms. The van der Waals surface area contributed by atoms with Gasteiger partial charge in [-0.05, 0) is 60.0 Å². The van der Waals surface area contributed by atoms with Crippen LogP contribution in [0.2, 0.25) is 0 Å². The number of ether oxygens (including phenoxy) is 4. The minimum atomic E-state index is -0.963. The SMILES string of the molecule is CC(=O)Oc1ccc(-c2ccc(C(=O)OC(C)C(=O)NCc3ccc4c(c3)OCO4)cc2)cc1. The maximum atomic E-state index is 12.5. The Morgan fingerprint density at radius 3 is 2.24 bits per heavy atom. The minimum absolute atomic E-state index is 0.182. The molecular weight excluding hydrogens is 438 g/mol. The third-order valence-electron chi connectivity index (χ3n) is 5.13. The van der Waals surface area contributed by atoms with Crippen LogP contribution in [0.15, 0.2) is 66.7 Å². The van der Waals surface area contributed by atoms with Gasteiger partial charge in [0.2, 0.25) is 6.79 Å². The van der Waals surface area contributed by atoms with E-state index in [0.29, 0.717) is 22.8 Å². The molecule has 4 rings (SSSR count). The van der Waals surface area contributed by atoms with E-state index in [2.05, 4.69) is 5.32 Å². The first-order valence-corrected chi connectivity index (χ1v) is 10.6. The second-order valence-electron chi connectivity index (χ2n) is 7.65. The van der Waals surface area contributed by atoms with Crippen LogP contribution in [0, 0.1) is 0 Å². The van der Waals surface area contributed by atoms with Gasteiger partial charge in [0.25, 0.3) is 5.91 Å². The molecule has 1 aliphatic rings. The summed E-state index contributed by atoms with van der Waals surface area (Å²) in [5, 5.41) is 2.75. The highest BCUT2D eigenvalue weighted by Gasteiger charge is 2.19. The smallest absolute Gasteiger partial charge is 0.338 e. The Labute approximate surface area is 196 Å². The van der Waals surface area contributed by atoms with Crippen LogP contribution in [-0.4, -0.2) is 30.7 Å². The van der Waals surface area contributed by atoms with Crippen LogP contribution in [0.1, 0.15) is 29.8 Å². The first-order valence-electron chi connectivity index (χ1n) is 10.6. The lowest BCUT2D eigenvalue weighted by Crippen LogP contribution is -2.35. The Balaban J connectivity index is 1.30. The van der Waals surface area contributed by atoms with Crippen LogP contribution in [0.3, 0.4) is 0 Å². The first-order chi connectivity index (χ1) is 16.4. The molecule has 1 heterocycles. The molecule has 0 aromatic heterocycles. The van der Waals surface area contributed by atoms with Crippen LogP contribution >= 0.6 is 0 Å². The van der Waals surface area contributed by atoms with Crippen molar-refractivity contribution in [3.05, 3.63) is 77.9 Å². The Hall–Kier alpha value is -4.33. The summed E-state index contributed by atoms with van der Waals surface area (Å²) in [7, 11) is 0. The van der Waals surface area contributed by atoms with Crippen LogP contribution < -0.4 is 19.5 Å². The molecule has 0 bridgehead atoms. The average molecular weight is 461 g/mol. The van der Waals surface area contributed by atoms with Crippen molar-refractivity contribution in [1.82, 2.24) is 5.32 Å². The highest BCUT2D eigenvalue weighted by Crippen LogP contribution is 2.32. The molecule has 0 aliphatic carbocycles. The minimum Gasteiger partial charge on any atom is -0.454 e. The van der Waals surface area contributed by atoms with Gasteiger partial charge in [-0.1, -0.05) is 30.3 Å². The molecule has 0 spiro atoms. The molecule has 0 fully saturated rings. The van der Waals surface area contributed by atoms with Gasteiger partial charge in [0.15, 0.2) is 17.6 Å². The van der Waals surface area contributed by atoms with Gasteiger partial charge in [0.05, 0.1) is 5.56 Å². The first kappa shape index (κ1) is 22.8. The summed E-state index contributed by atoms with van der Waals surface area (Å²) in [5.41, 5.74) is 2.94. The van der Waals surface area contributed by atoms with Gasteiger partial charge >= 0.3 is 11.9 Å². The van der Waals surface area contributed by atoms with Gasteiger partial charge < -0.3 is 24.3 Å². The fourth-order valence-electron chi connectivity index (χ4n) is 3.35. The zero-order valence-corrected chi connectivity index (χ0v) is 18.7. The van der Waals surface area contributed by atoms with Crippen LogP contribution in [0.4, 0.5) is 0 Å². The summed E-state index contributed by atoms with van der Waals surface area (Å²) in [6.07, 6.45) is -0.963. The van der Waals surface area contributed by atoms with Crippen molar-refractivity contribution in [3.8, 4) is 28.4 Å². The average Bonchev–Trinajstić information content (AvgIpc) is 3.30. The molecular formula is C26H23NO7. The number of amides is 1. The number of rotatable bonds is 7. The quantitative estimate of drug-likeness (QED) is 0.421. The molecule has 3 aromatic rings.